The monoisotopic (exact) mass is 348 g/mol. The fraction of sp³-hybridized carbons (Fsp3) is 0.800. The zero-order chi connectivity index (χ0) is 18.2. The minimum atomic E-state index is -2.26. The lowest BCUT2D eigenvalue weighted by Crippen LogP contribution is -2.55. The van der Waals surface area contributed by atoms with Crippen molar-refractivity contribution in [2.75, 3.05) is 0 Å². The van der Waals surface area contributed by atoms with Crippen molar-refractivity contribution in [2.45, 2.75) is 64.6 Å². The number of aliphatic carboxylic acids is 1. The van der Waals surface area contributed by atoms with E-state index in [2.05, 4.69) is 13.8 Å². The van der Waals surface area contributed by atoms with E-state index in [-0.39, 0.29) is 23.2 Å². The van der Waals surface area contributed by atoms with Gasteiger partial charge in [-0.3, -0.25) is 9.59 Å². The van der Waals surface area contributed by atoms with Gasteiger partial charge < -0.3 is 15.3 Å². The van der Waals surface area contributed by atoms with Crippen molar-refractivity contribution in [1.29, 1.82) is 0 Å². The smallest absolute Gasteiger partial charge is 0.307 e. The Morgan fingerprint density at radius 1 is 1.12 bits per heavy atom. The summed E-state index contributed by atoms with van der Waals surface area (Å²) in [5.74, 6) is -2.69. The molecule has 0 bridgehead atoms. The number of rotatable bonds is 1. The highest BCUT2D eigenvalue weighted by Gasteiger charge is 2.62. The molecule has 0 aromatic carbocycles. The number of hydrogen-bond donors (Lipinski definition) is 3. The Hall–Kier alpha value is -1.20. The molecule has 4 aliphatic carbocycles. The van der Waals surface area contributed by atoms with Crippen molar-refractivity contribution in [1.82, 2.24) is 0 Å². The normalized spacial score (nSPS) is 48.2. The van der Waals surface area contributed by atoms with Crippen LogP contribution in [-0.2, 0) is 9.59 Å². The number of carboxylic acids is 1. The second-order valence-electron chi connectivity index (χ2n) is 9.37. The van der Waals surface area contributed by atoms with Crippen molar-refractivity contribution in [3.63, 3.8) is 0 Å². The van der Waals surface area contributed by atoms with Crippen LogP contribution in [0.5, 0.6) is 0 Å². The standard InChI is InChI=1S/C20H28O5/c1-18-8-7-14-12(13(18)5-6-15(18)17(22)23)4-3-11-9-16(21)20(24,25)10-19(11,14)2/h9,12-15,24-25H,3-8,10H2,1-2H3,(H,22,23)/t12-,13-,14-,15+,18-,19-/m0/s1. The quantitative estimate of drug-likeness (QED) is 0.633. The first-order chi connectivity index (χ1) is 11.6. The molecule has 3 fully saturated rings. The average molecular weight is 348 g/mol. The number of allylic oxidation sites excluding steroid dienone is 1. The van der Waals surface area contributed by atoms with Gasteiger partial charge >= 0.3 is 5.97 Å². The first-order valence-electron chi connectivity index (χ1n) is 9.52. The predicted molar refractivity (Wildman–Crippen MR) is 90.4 cm³/mol. The highest BCUT2D eigenvalue weighted by molar-refractivity contribution is 5.97. The molecular weight excluding hydrogens is 320 g/mol. The van der Waals surface area contributed by atoms with E-state index in [0.717, 1.165) is 44.1 Å². The maximum absolute atomic E-state index is 12.0. The first kappa shape index (κ1) is 17.2. The molecule has 0 aromatic rings. The molecule has 0 heterocycles. The van der Waals surface area contributed by atoms with Gasteiger partial charge in [0, 0.05) is 6.42 Å². The van der Waals surface area contributed by atoms with E-state index < -0.39 is 17.5 Å². The molecule has 0 amide bonds. The van der Waals surface area contributed by atoms with Crippen LogP contribution in [0.1, 0.15) is 58.8 Å². The number of hydrogen-bond acceptors (Lipinski definition) is 4. The van der Waals surface area contributed by atoms with E-state index in [9.17, 15) is 24.9 Å². The Kier molecular flexibility index (Phi) is 3.56. The molecule has 0 radical (unpaired) electrons. The summed E-state index contributed by atoms with van der Waals surface area (Å²) in [6, 6.07) is 0. The average Bonchev–Trinajstić information content (AvgIpc) is 2.86. The van der Waals surface area contributed by atoms with E-state index in [0.29, 0.717) is 17.8 Å². The van der Waals surface area contributed by atoms with Crippen molar-refractivity contribution in [2.24, 2.45) is 34.5 Å². The van der Waals surface area contributed by atoms with Crippen LogP contribution in [0, 0.1) is 34.5 Å². The number of aliphatic hydroxyl groups is 2. The van der Waals surface area contributed by atoms with E-state index in [4.69, 9.17) is 0 Å². The molecule has 0 unspecified atom stereocenters. The summed E-state index contributed by atoms with van der Waals surface area (Å²) < 4.78 is 0. The molecular formula is C20H28O5. The Morgan fingerprint density at radius 3 is 2.52 bits per heavy atom. The molecule has 4 aliphatic rings. The Morgan fingerprint density at radius 2 is 1.84 bits per heavy atom. The van der Waals surface area contributed by atoms with E-state index >= 15 is 0 Å². The fourth-order valence-corrected chi connectivity index (χ4v) is 7.09. The van der Waals surface area contributed by atoms with Crippen LogP contribution in [0.15, 0.2) is 11.6 Å². The molecule has 25 heavy (non-hydrogen) atoms. The molecule has 6 atom stereocenters. The van der Waals surface area contributed by atoms with Crippen LogP contribution in [0.3, 0.4) is 0 Å². The zero-order valence-electron chi connectivity index (χ0n) is 15.0. The van der Waals surface area contributed by atoms with Gasteiger partial charge in [-0.05, 0) is 73.2 Å². The van der Waals surface area contributed by atoms with Gasteiger partial charge in [0.2, 0.25) is 11.6 Å². The highest BCUT2D eigenvalue weighted by atomic mass is 16.5. The summed E-state index contributed by atoms with van der Waals surface area (Å²) in [7, 11) is 0. The number of carboxylic acid groups (broad SMARTS) is 1. The molecule has 138 valence electrons. The number of carbonyl (C=O) groups is 2. The van der Waals surface area contributed by atoms with Crippen molar-refractivity contribution in [3.8, 4) is 0 Å². The lowest BCUT2D eigenvalue weighted by Gasteiger charge is -2.58. The Labute approximate surface area is 148 Å². The van der Waals surface area contributed by atoms with E-state index in [1.165, 1.54) is 6.08 Å². The topological polar surface area (TPSA) is 94.8 Å². The fourth-order valence-electron chi connectivity index (χ4n) is 7.09. The SMILES string of the molecule is C[C@]12CC[C@H]3[C@@H](CCC4=CC(=O)C(O)(O)C[C@@]43C)[C@@H]1CC[C@@H]2C(=O)O. The van der Waals surface area contributed by atoms with Crippen LogP contribution in [0.4, 0.5) is 0 Å². The minimum absolute atomic E-state index is 0.0671. The van der Waals surface area contributed by atoms with Crippen LogP contribution >= 0.6 is 0 Å². The molecule has 5 nitrogen and oxygen atoms in total. The number of carbonyl (C=O) groups excluding carboxylic acids is 1. The van der Waals surface area contributed by atoms with Gasteiger partial charge in [0.1, 0.15) is 0 Å². The molecule has 3 saturated carbocycles. The maximum Gasteiger partial charge on any atom is 0.307 e. The van der Waals surface area contributed by atoms with Crippen LogP contribution < -0.4 is 0 Å². The van der Waals surface area contributed by atoms with Gasteiger partial charge in [-0.1, -0.05) is 19.4 Å². The van der Waals surface area contributed by atoms with Crippen LogP contribution in [-0.4, -0.2) is 32.9 Å². The lowest BCUT2D eigenvalue weighted by atomic mass is 9.46. The molecule has 0 aromatic heterocycles. The molecule has 4 rings (SSSR count). The Balaban J connectivity index is 1.69. The summed E-state index contributed by atoms with van der Waals surface area (Å²) in [5, 5.41) is 30.0. The number of ketones is 1. The third-order valence-corrected chi connectivity index (χ3v) is 8.35. The maximum atomic E-state index is 12.0. The van der Waals surface area contributed by atoms with E-state index in [1.54, 1.807) is 0 Å². The third-order valence-electron chi connectivity index (χ3n) is 8.35. The van der Waals surface area contributed by atoms with Crippen LogP contribution in [0.2, 0.25) is 0 Å². The van der Waals surface area contributed by atoms with Gasteiger partial charge in [-0.25, -0.2) is 0 Å². The van der Waals surface area contributed by atoms with Crippen molar-refractivity contribution < 1.29 is 24.9 Å². The zero-order valence-corrected chi connectivity index (χ0v) is 15.0. The van der Waals surface area contributed by atoms with Crippen molar-refractivity contribution in [3.05, 3.63) is 11.6 Å². The summed E-state index contributed by atoms with van der Waals surface area (Å²) >= 11 is 0. The molecule has 0 spiro atoms. The van der Waals surface area contributed by atoms with Crippen LogP contribution in [0.25, 0.3) is 0 Å². The van der Waals surface area contributed by atoms with Gasteiger partial charge in [0.15, 0.2) is 0 Å². The van der Waals surface area contributed by atoms with Gasteiger partial charge in [-0.15, -0.1) is 0 Å². The van der Waals surface area contributed by atoms with Crippen molar-refractivity contribution >= 4 is 11.8 Å². The van der Waals surface area contributed by atoms with E-state index in [1.807, 2.05) is 0 Å². The van der Waals surface area contributed by atoms with Gasteiger partial charge in [-0.2, -0.15) is 0 Å². The largest absolute Gasteiger partial charge is 0.481 e. The predicted octanol–water partition coefficient (Wildman–Crippen LogP) is 2.51. The first-order valence-corrected chi connectivity index (χ1v) is 9.52. The lowest BCUT2D eigenvalue weighted by molar-refractivity contribution is -0.199. The molecule has 5 heteroatoms. The molecule has 3 N–H and O–H groups in total. The summed E-state index contributed by atoms with van der Waals surface area (Å²) in [5.41, 5.74) is 0.543. The second kappa shape index (κ2) is 5.17. The summed E-state index contributed by atoms with van der Waals surface area (Å²) in [6.45, 7) is 4.23. The summed E-state index contributed by atoms with van der Waals surface area (Å²) in [6.07, 6.45) is 6.81. The third kappa shape index (κ3) is 2.21. The Bertz CT molecular complexity index is 665. The molecule has 0 saturated heterocycles. The molecule has 0 aliphatic heterocycles. The summed E-state index contributed by atoms with van der Waals surface area (Å²) in [4.78, 5) is 23.7. The second-order valence-corrected chi connectivity index (χ2v) is 9.37. The number of fused-ring (bicyclic) bond motifs is 5. The van der Waals surface area contributed by atoms with Gasteiger partial charge in [0.25, 0.3) is 0 Å². The highest BCUT2D eigenvalue weighted by Crippen LogP contribution is 2.66. The minimum Gasteiger partial charge on any atom is -0.481 e. The van der Waals surface area contributed by atoms with Gasteiger partial charge in [0.05, 0.1) is 5.92 Å².